The number of carbonyl (C=O) groups is 1. The molecule has 0 spiro atoms. The van der Waals surface area contributed by atoms with Crippen molar-refractivity contribution in [3.05, 3.63) is 118 Å². The summed E-state index contributed by atoms with van der Waals surface area (Å²) < 4.78 is 12.0. The Labute approximate surface area is 235 Å². The average Bonchev–Trinajstić information content (AvgIpc) is 2.96. The fourth-order valence-electron chi connectivity index (χ4n) is 5.36. The lowest BCUT2D eigenvalue weighted by Crippen LogP contribution is -2.46. The molecule has 1 unspecified atom stereocenters. The van der Waals surface area contributed by atoms with Gasteiger partial charge in [0.2, 0.25) is 0 Å². The molecule has 2 heterocycles. The number of urea groups is 1. The fourth-order valence-corrected chi connectivity index (χ4v) is 5.36. The smallest absolute Gasteiger partial charge is 0.318 e. The van der Waals surface area contributed by atoms with Crippen LogP contribution in [0.5, 0.6) is 17.2 Å². The van der Waals surface area contributed by atoms with Crippen LogP contribution in [0.3, 0.4) is 0 Å². The van der Waals surface area contributed by atoms with Gasteiger partial charge in [0.15, 0.2) is 11.5 Å². The molecule has 0 bridgehead atoms. The second kappa shape index (κ2) is 12.1. The predicted octanol–water partition coefficient (Wildman–Crippen LogP) is 5.89. The molecule has 1 atom stereocenters. The Hall–Kier alpha value is -4.52. The number of pyridine rings is 1. The molecule has 40 heavy (non-hydrogen) atoms. The van der Waals surface area contributed by atoms with Crippen LogP contribution in [-0.4, -0.2) is 41.3 Å². The number of fused-ring (bicyclic) bond motifs is 1. The maximum absolute atomic E-state index is 13.6. The number of aromatic nitrogens is 1. The van der Waals surface area contributed by atoms with Gasteiger partial charge in [-0.3, -0.25) is 4.98 Å². The minimum absolute atomic E-state index is 0.116. The molecule has 0 saturated carbocycles. The number of carbonyl (C=O) groups excluding carboxylic acids is 1. The molecule has 1 aliphatic heterocycles. The van der Waals surface area contributed by atoms with E-state index in [0.717, 1.165) is 33.4 Å². The van der Waals surface area contributed by atoms with Gasteiger partial charge in [-0.15, -0.1) is 0 Å². The van der Waals surface area contributed by atoms with Gasteiger partial charge in [0.05, 0.1) is 19.8 Å². The topological polar surface area (TPSA) is 83.9 Å². The van der Waals surface area contributed by atoms with Crippen molar-refractivity contribution in [2.45, 2.75) is 39.3 Å². The summed E-state index contributed by atoms with van der Waals surface area (Å²) in [6.45, 7) is 5.60. The molecule has 5 rings (SSSR count). The number of amides is 2. The Bertz CT molecular complexity index is 1490. The van der Waals surface area contributed by atoms with Crippen LogP contribution in [0.2, 0.25) is 0 Å². The van der Waals surface area contributed by atoms with Crippen molar-refractivity contribution < 1.29 is 19.4 Å². The maximum atomic E-state index is 13.6. The van der Waals surface area contributed by atoms with Crippen molar-refractivity contribution in [1.29, 1.82) is 0 Å². The van der Waals surface area contributed by atoms with E-state index in [9.17, 15) is 9.90 Å². The molecular formula is C33H35N3O4. The average molecular weight is 538 g/mol. The minimum atomic E-state index is -0.277. The lowest BCUT2D eigenvalue weighted by molar-refractivity contribution is 0.179. The van der Waals surface area contributed by atoms with Crippen molar-refractivity contribution in [1.82, 2.24) is 15.2 Å². The van der Waals surface area contributed by atoms with Gasteiger partial charge in [0.25, 0.3) is 0 Å². The second-order valence-corrected chi connectivity index (χ2v) is 10.2. The first kappa shape index (κ1) is 27.1. The molecule has 2 N–H and O–H groups in total. The molecule has 0 aliphatic carbocycles. The Morgan fingerprint density at radius 2 is 1.82 bits per heavy atom. The highest BCUT2D eigenvalue weighted by Crippen LogP contribution is 2.42. The van der Waals surface area contributed by atoms with E-state index in [1.165, 1.54) is 5.56 Å². The van der Waals surface area contributed by atoms with E-state index in [1.54, 1.807) is 31.6 Å². The number of methoxy groups -OCH3 is 1. The van der Waals surface area contributed by atoms with Gasteiger partial charge in [-0.2, -0.15) is 0 Å². The zero-order valence-corrected chi connectivity index (χ0v) is 23.2. The fraction of sp³-hybridized carbons (Fsp3) is 0.273. The normalized spacial score (nSPS) is 14.4. The summed E-state index contributed by atoms with van der Waals surface area (Å²) >= 11 is 0. The summed E-state index contributed by atoms with van der Waals surface area (Å²) in [5.41, 5.74) is 7.55. The molecule has 0 saturated heterocycles. The van der Waals surface area contributed by atoms with Crippen molar-refractivity contribution in [2.75, 3.05) is 20.3 Å². The summed E-state index contributed by atoms with van der Waals surface area (Å²) in [4.78, 5) is 19.6. The molecule has 0 fully saturated rings. The zero-order valence-electron chi connectivity index (χ0n) is 23.2. The van der Waals surface area contributed by atoms with Crippen molar-refractivity contribution in [2.24, 2.45) is 0 Å². The Kier molecular flexibility index (Phi) is 8.20. The van der Waals surface area contributed by atoms with Crippen LogP contribution in [0.4, 0.5) is 4.79 Å². The summed E-state index contributed by atoms with van der Waals surface area (Å²) in [6, 6.07) is 21.1. The van der Waals surface area contributed by atoms with E-state index in [2.05, 4.69) is 42.3 Å². The molecule has 206 valence electrons. The van der Waals surface area contributed by atoms with E-state index in [0.29, 0.717) is 44.0 Å². The van der Waals surface area contributed by atoms with Crippen LogP contribution in [0.1, 0.15) is 45.0 Å². The van der Waals surface area contributed by atoms with E-state index in [1.807, 2.05) is 41.3 Å². The quantitative estimate of drug-likeness (QED) is 0.293. The van der Waals surface area contributed by atoms with Gasteiger partial charge in [0.1, 0.15) is 5.75 Å². The van der Waals surface area contributed by atoms with Crippen LogP contribution in [0.25, 0.3) is 0 Å². The highest BCUT2D eigenvalue weighted by molar-refractivity contribution is 5.76. The van der Waals surface area contributed by atoms with Crippen LogP contribution in [0.15, 0.2) is 79.1 Å². The standard InChI is InChI=1S/C33H35N3O4/c1-22-7-8-28(23(2)17-22)32-29-20-31(40-16-12-24-5-4-6-27(37)18-24)30(39-3)19-26(29)11-15-36(32)33(38)35-21-25-9-13-34-14-10-25/h4-10,13-14,17-20,32,37H,11-12,15-16,21H2,1-3H3,(H,35,38). The number of ether oxygens (including phenoxy) is 2. The zero-order chi connectivity index (χ0) is 28.1. The number of phenolic OH excluding ortho intramolecular Hbond substituents is 1. The first-order chi connectivity index (χ1) is 19.4. The van der Waals surface area contributed by atoms with Gasteiger partial charge in [-0.1, -0.05) is 35.9 Å². The summed E-state index contributed by atoms with van der Waals surface area (Å²) in [6.07, 6.45) is 4.80. The molecule has 0 radical (unpaired) electrons. The Morgan fingerprint density at radius 1 is 1.00 bits per heavy atom. The van der Waals surface area contributed by atoms with E-state index in [-0.39, 0.29) is 17.8 Å². The Balaban J connectivity index is 1.46. The first-order valence-electron chi connectivity index (χ1n) is 13.5. The third-order valence-corrected chi connectivity index (χ3v) is 7.39. The monoisotopic (exact) mass is 537 g/mol. The number of rotatable bonds is 8. The number of hydrogen-bond donors (Lipinski definition) is 2. The molecule has 2 amide bonds. The van der Waals surface area contributed by atoms with Gasteiger partial charge in [0, 0.05) is 31.9 Å². The predicted molar refractivity (Wildman–Crippen MR) is 155 cm³/mol. The number of hydrogen-bond acceptors (Lipinski definition) is 5. The molecule has 3 aromatic carbocycles. The third kappa shape index (κ3) is 6.04. The van der Waals surface area contributed by atoms with Crippen LogP contribution in [0, 0.1) is 13.8 Å². The number of aromatic hydroxyl groups is 1. The summed E-state index contributed by atoms with van der Waals surface area (Å²) in [5.74, 6) is 1.54. The number of phenols is 1. The molecule has 7 nitrogen and oxygen atoms in total. The molecule has 7 heteroatoms. The molecule has 1 aliphatic rings. The van der Waals surface area contributed by atoms with Gasteiger partial charge in [-0.25, -0.2) is 4.79 Å². The third-order valence-electron chi connectivity index (χ3n) is 7.39. The van der Waals surface area contributed by atoms with Crippen molar-refractivity contribution in [3.8, 4) is 17.2 Å². The lowest BCUT2D eigenvalue weighted by Gasteiger charge is -2.39. The highest BCUT2D eigenvalue weighted by Gasteiger charge is 2.34. The first-order valence-corrected chi connectivity index (χ1v) is 13.5. The van der Waals surface area contributed by atoms with Crippen molar-refractivity contribution in [3.63, 3.8) is 0 Å². The lowest BCUT2D eigenvalue weighted by atomic mass is 9.85. The molecule has 1 aromatic heterocycles. The van der Waals surface area contributed by atoms with Crippen molar-refractivity contribution >= 4 is 6.03 Å². The van der Waals surface area contributed by atoms with E-state index < -0.39 is 0 Å². The number of nitrogens with one attached hydrogen (secondary N) is 1. The SMILES string of the molecule is COc1cc2c(cc1OCCc1cccc(O)c1)C(c1ccc(C)cc1C)N(C(=O)NCc1ccncc1)CC2. The summed E-state index contributed by atoms with van der Waals surface area (Å²) in [5, 5.41) is 12.9. The largest absolute Gasteiger partial charge is 0.508 e. The highest BCUT2D eigenvalue weighted by atomic mass is 16.5. The second-order valence-electron chi connectivity index (χ2n) is 10.2. The number of benzene rings is 3. The summed E-state index contributed by atoms with van der Waals surface area (Å²) in [7, 11) is 1.65. The van der Waals surface area contributed by atoms with E-state index in [4.69, 9.17) is 9.47 Å². The minimum Gasteiger partial charge on any atom is -0.508 e. The van der Waals surface area contributed by atoms with E-state index >= 15 is 0 Å². The van der Waals surface area contributed by atoms with Gasteiger partial charge in [-0.05, 0) is 90.0 Å². The Morgan fingerprint density at radius 3 is 2.58 bits per heavy atom. The number of nitrogens with zero attached hydrogens (tertiary/aromatic N) is 2. The molecule has 4 aromatic rings. The van der Waals surface area contributed by atoms with Crippen LogP contribution >= 0.6 is 0 Å². The van der Waals surface area contributed by atoms with Crippen LogP contribution < -0.4 is 14.8 Å². The van der Waals surface area contributed by atoms with Gasteiger partial charge < -0.3 is 24.8 Å². The van der Waals surface area contributed by atoms with Gasteiger partial charge >= 0.3 is 6.03 Å². The van der Waals surface area contributed by atoms with Crippen LogP contribution in [-0.2, 0) is 19.4 Å². The molecular weight excluding hydrogens is 502 g/mol. The maximum Gasteiger partial charge on any atom is 0.318 e. The number of aryl methyl sites for hydroxylation is 2.